The molecule has 2 aromatic rings. The molecule has 0 saturated heterocycles. The van der Waals surface area contributed by atoms with E-state index in [2.05, 4.69) is 10.2 Å². The number of fused-ring (bicyclic) bond motifs is 1. The van der Waals surface area contributed by atoms with Crippen molar-refractivity contribution >= 4 is 34.5 Å². The van der Waals surface area contributed by atoms with Crippen LogP contribution in [0.5, 0.6) is 0 Å². The molecule has 1 aliphatic rings. The molecular weight excluding hydrogens is 352 g/mol. The molecule has 0 saturated carbocycles. The van der Waals surface area contributed by atoms with Gasteiger partial charge in [-0.25, -0.2) is 0 Å². The Morgan fingerprint density at radius 3 is 2.50 bits per heavy atom. The minimum Gasteiger partial charge on any atom is -0.512 e. The number of anilines is 2. The van der Waals surface area contributed by atoms with E-state index in [4.69, 9.17) is 16.7 Å². The highest BCUT2D eigenvalue weighted by atomic mass is 35.5. The number of aliphatic hydroxyl groups is 2. The third-order valence-corrected chi connectivity index (χ3v) is 4.80. The van der Waals surface area contributed by atoms with Crippen LogP contribution in [0.1, 0.15) is 18.9 Å². The minimum absolute atomic E-state index is 0.0182. The molecule has 0 fully saturated rings. The topological polar surface area (TPSA) is 72.8 Å². The van der Waals surface area contributed by atoms with Crippen LogP contribution in [-0.2, 0) is 4.79 Å². The number of aliphatic hydroxyl groups excluding tert-OH is 2. The van der Waals surface area contributed by atoms with Crippen LogP contribution in [0.3, 0.4) is 0 Å². The van der Waals surface area contributed by atoms with Crippen LogP contribution < -0.4 is 10.2 Å². The maximum Gasteiger partial charge on any atom is 0.259 e. The summed E-state index contributed by atoms with van der Waals surface area (Å²) < 4.78 is 0. The van der Waals surface area contributed by atoms with Gasteiger partial charge in [0.05, 0.1) is 16.3 Å². The summed E-state index contributed by atoms with van der Waals surface area (Å²) in [5.41, 5.74) is 4.30. The third-order valence-electron chi connectivity index (χ3n) is 4.48. The molecule has 0 aromatic heterocycles. The van der Waals surface area contributed by atoms with Gasteiger partial charge in [0.2, 0.25) is 0 Å². The van der Waals surface area contributed by atoms with E-state index in [1.165, 1.54) is 6.92 Å². The summed E-state index contributed by atoms with van der Waals surface area (Å²) in [5, 5.41) is 22.0. The molecule has 1 heterocycles. The second kappa shape index (κ2) is 7.40. The number of carbonyl (C=O) groups excluding carboxylic acids is 1. The van der Waals surface area contributed by atoms with Gasteiger partial charge < -0.3 is 20.4 Å². The van der Waals surface area contributed by atoms with Gasteiger partial charge >= 0.3 is 0 Å². The van der Waals surface area contributed by atoms with Crippen molar-refractivity contribution in [3.8, 4) is 11.1 Å². The first-order chi connectivity index (χ1) is 12.4. The van der Waals surface area contributed by atoms with E-state index in [0.717, 1.165) is 23.4 Å². The van der Waals surface area contributed by atoms with Gasteiger partial charge in [0.15, 0.2) is 0 Å². The summed E-state index contributed by atoms with van der Waals surface area (Å²) in [7, 11) is 1.98. The van der Waals surface area contributed by atoms with E-state index in [0.29, 0.717) is 22.7 Å². The van der Waals surface area contributed by atoms with Gasteiger partial charge in [-0.3, -0.25) is 4.79 Å². The summed E-state index contributed by atoms with van der Waals surface area (Å²) in [6, 6.07) is 11.5. The maximum absolute atomic E-state index is 12.0. The molecule has 0 atom stereocenters. The van der Waals surface area contributed by atoms with Crippen molar-refractivity contribution in [1.82, 2.24) is 0 Å². The number of benzene rings is 2. The minimum atomic E-state index is -0.325. The van der Waals surface area contributed by atoms with Gasteiger partial charge in [0.1, 0.15) is 5.76 Å². The van der Waals surface area contributed by atoms with Crippen LogP contribution in [0, 0.1) is 0 Å². The molecule has 1 amide bonds. The first kappa shape index (κ1) is 18.3. The Morgan fingerprint density at radius 2 is 1.88 bits per heavy atom. The van der Waals surface area contributed by atoms with Crippen molar-refractivity contribution in [3.63, 3.8) is 0 Å². The van der Waals surface area contributed by atoms with Crippen molar-refractivity contribution < 1.29 is 15.0 Å². The lowest BCUT2D eigenvalue weighted by Crippen LogP contribution is -2.19. The first-order valence-electron chi connectivity index (χ1n) is 8.40. The quantitative estimate of drug-likeness (QED) is 0.546. The van der Waals surface area contributed by atoms with Crippen LogP contribution in [0.15, 0.2) is 42.2 Å². The third kappa shape index (κ3) is 3.41. The molecule has 1 aliphatic heterocycles. The van der Waals surface area contributed by atoms with E-state index in [-0.39, 0.29) is 23.8 Å². The molecular formula is C20H21ClN2O3. The number of halogens is 1. The van der Waals surface area contributed by atoms with Gasteiger partial charge in [-0.15, -0.1) is 0 Å². The number of amides is 1. The summed E-state index contributed by atoms with van der Waals surface area (Å²) in [5.74, 6) is -0.343. The number of nitrogens with zero attached hydrogens (tertiary/aromatic N) is 1. The Labute approximate surface area is 157 Å². The molecule has 3 N–H and O–H groups in total. The molecule has 0 radical (unpaired) electrons. The average molecular weight is 373 g/mol. The van der Waals surface area contributed by atoms with Crippen LogP contribution in [0.25, 0.3) is 16.7 Å². The molecule has 2 aromatic carbocycles. The normalized spacial score (nSPS) is 14.8. The summed E-state index contributed by atoms with van der Waals surface area (Å²) in [6.07, 6.45) is 0.714. The second-order valence-corrected chi connectivity index (χ2v) is 6.74. The lowest BCUT2D eigenvalue weighted by Gasteiger charge is -2.19. The zero-order valence-electron chi connectivity index (χ0n) is 14.7. The zero-order chi connectivity index (χ0) is 18.8. The van der Waals surface area contributed by atoms with Crippen LogP contribution in [-0.4, -0.2) is 36.3 Å². The fourth-order valence-corrected chi connectivity index (χ4v) is 3.38. The summed E-state index contributed by atoms with van der Waals surface area (Å²) in [4.78, 5) is 14.1. The molecule has 0 unspecified atom stereocenters. The smallest absolute Gasteiger partial charge is 0.259 e. The van der Waals surface area contributed by atoms with E-state index in [1.807, 2.05) is 37.4 Å². The average Bonchev–Trinajstić information content (AvgIpc) is 2.93. The number of hydrogen-bond acceptors (Lipinski definition) is 4. The highest BCUT2D eigenvalue weighted by Crippen LogP contribution is 2.40. The SMILES string of the molecule is C/C(O)=C1\C(=O)Nc2cc(Cl)c(-c3ccc(N(C)CCCO)cc3)cc21. The van der Waals surface area contributed by atoms with E-state index in [1.54, 1.807) is 6.07 Å². The Hall–Kier alpha value is -2.50. The maximum atomic E-state index is 12.0. The van der Waals surface area contributed by atoms with Gasteiger partial charge in [-0.1, -0.05) is 23.7 Å². The van der Waals surface area contributed by atoms with Gasteiger partial charge in [0.25, 0.3) is 5.91 Å². The van der Waals surface area contributed by atoms with E-state index in [9.17, 15) is 9.90 Å². The van der Waals surface area contributed by atoms with Crippen molar-refractivity contribution in [2.45, 2.75) is 13.3 Å². The van der Waals surface area contributed by atoms with Crippen molar-refractivity contribution in [3.05, 3.63) is 52.7 Å². The Balaban J connectivity index is 1.96. The summed E-state index contributed by atoms with van der Waals surface area (Å²) in [6.45, 7) is 2.43. The molecule has 6 heteroatoms. The van der Waals surface area contributed by atoms with Crippen LogP contribution >= 0.6 is 11.6 Å². The molecule has 5 nitrogen and oxygen atoms in total. The van der Waals surface area contributed by atoms with Crippen LogP contribution in [0.2, 0.25) is 5.02 Å². The van der Waals surface area contributed by atoms with Crippen molar-refractivity contribution in [1.29, 1.82) is 0 Å². The fourth-order valence-electron chi connectivity index (χ4n) is 3.10. The van der Waals surface area contributed by atoms with Gasteiger partial charge in [-0.2, -0.15) is 0 Å². The van der Waals surface area contributed by atoms with Gasteiger partial charge in [-0.05, 0) is 43.2 Å². The molecule has 0 aliphatic carbocycles. The Morgan fingerprint density at radius 1 is 1.19 bits per heavy atom. The Kier molecular flexibility index (Phi) is 5.20. The molecule has 3 rings (SSSR count). The standard InChI is InChI=1S/C20H21ClN2O3/c1-12(25)19-16-10-15(17(21)11-18(16)22-20(19)26)13-4-6-14(7-5-13)23(2)8-3-9-24/h4-7,10-11,24-25H,3,8-9H2,1-2H3,(H,22,26)/b19-12+. The van der Waals surface area contributed by atoms with E-state index < -0.39 is 0 Å². The Bertz CT molecular complexity index is 871. The largest absolute Gasteiger partial charge is 0.512 e. The monoisotopic (exact) mass is 372 g/mol. The van der Waals surface area contributed by atoms with Gasteiger partial charge in [0, 0.05) is 37.0 Å². The predicted octanol–water partition coefficient (Wildman–Crippen LogP) is 4.07. The molecule has 26 heavy (non-hydrogen) atoms. The number of rotatable bonds is 5. The lowest BCUT2D eigenvalue weighted by atomic mass is 9.98. The van der Waals surface area contributed by atoms with E-state index >= 15 is 0 Å². The van der Waals surface area contributed by atoms with Crippen molar-refractivity contribution in [2.24, 2.45) is 0 Å². The second-order valence-electron chi connectivity index (χ2n) is 6.34. The van der Waals surface area contributed by atoms with Crippen LogP contribution in [0.4, 0.5) is 11.4 Å². The number of hydrogen-bond donors (Lipinski definition) is 3. The number of allylic oxidation sites excluding steroid dienone is 1. The molecule has 0 spiro atoms. The fraction of sp³-hybridized carbons (Fsp3) is 0.250. The molecule has 0 bridgehead atoms. The number of carbonyl (C=O) groups is 1. The molecule has 136 valence electrons. The van der Waals surface area contributed by atoms with Crippen molar-refractivity contribution in [2.75, 3.05) is 30.4 Å². The highest BCUT2D eigenvalue weighted by Gasteiger charge is 2.28. The lowest BCUT2D eigenvalue weighted by molar-refractivity contribution is -0.110. The number of nitrogens with one attached hydrogen (secondary N) is 1. The first-order valence-corrected chi connectivity index (χ1v) is 8.77. The summed E-state index contributed by atoms with van der Waals surface area (Å²) >= 11 is 6.42. The highest BCUT2D eigenvalue weighted by molar-refractivity contribution is 6.36. The zero-order valence-corrected chi connectivity index (χ0v) is 15.5. The predicted molar refractivity (Wildman–Crippen MR) is 106 cm³/mol.